The highest BCUT2D eigenvalue weighted by molar-refractivity contribution is 7.15. The van der Waals surface area contributed by atoms with Gasteiger partial charge in [0, 0.05) is 24.2 Å². The van der Waals surface area contributed by atoms with Gasteiger partial charge in [-0.1, -0.05) is 6.42 Å². The van der Waals surface area contributed by atoms with Crippen molar-refractivity contribution in [3.63, 3.8) is 0 Å². The van der Waals surface area contributed by atoms with Crippen molar-refractivity contribution in [2.45, 2.75) is 31.8 Å². The number of esters is 1. The molecule has 3 atom stereocenters. The van der Waals surface area contributed by atoms with Crippen LogP contribution < -0.4 is 5.73 Å². The van der Waals surface area contributed by atoms with E-state index in [1.54, 1.807) is 0 Å². The number of nitrogens with two attached hydrogens (primary N) is 1. The maximum Gasteiger partial charge on any atom is 0.323 e. The van der Waals surface area contributed by atoms with E-state index in [0.29, 0.717) is 17.0 Å². The average Bonchev–Trinajstić information content (AvgIpc) is 3.05. The van der Waals surface area contributed by atoms with E-state index in [9.17, 15) is 4.79 Å². The molecule has 2 N–H and O–H groups in total. The number of hydrogen-bond acceptors (Lipinski definition) is 6. The van der Waals surface area contributed by atoms with Crippen molar-refractivity contribution in [2.75, 3.05) is 19.4 Å². The van der Waals surface area contributed by atoms with Crippen molar-refractivity contribution in [3.05, 3.63) is 11.1 Å². The van der Waals surface area contributed by atoms with Crippen molar-refractivity contribution in [1.29, 1.82) is 0 Å². The lowest BCUT2D eigenvalue weighted by Crippen LogP contribution is -2.39. The predicted molar refractivity (Wildman–Crippen MR) is 73.6 cm³/mol. The summed E-state index contributed by atoms with van der Waals surface area (Å²) in [4.78, 5) is 19.5. The first-order chi connectivity index (χ1) is 9.19. The third-order valence-electron chi connectivity index (χ3n) is 4.36. The number of methoxy groups -OCH3 is 1. The molecule has 3 rings (SSSR count). The molecule has 0 bridgehead atoms. The van der Waals surface area contributed by atoms with E-state index in [1.165, 1.54) is 31.3 Å². The zero-order chi connectivity index (χ0) is 13.4. The molecule has 2 fully saturated rings. The summed E-state index contributed by atoms with van der Waals surface area (Å²) in [5, 5.41) is 0.587. The number of ether oxygens (including phenoxy) is 1. The third kappa shape index (κ3) is 2.34. The Bertz CT molecular complexity index is 476. The van der Waals surface area contributed by atoms with Crippen molar-refractivity contribution >= 4 is 22.4 Å². The van der Waals surface area contributed by atoms with Crippen LogP contribution in [0.2, 0.25) is 0 Å². The molecule has 1 saturated carbocycles. The highest BCUT2D eigenvalue weighted by Crippen LogP contribution is 2.43. The first-order valence-electron chi connectivity index (χ1n) is 6.71. The van der Waals surface area contributed by atoms with Crippen LogP contribution in [0, 0.1) is 11.8 Å². The van der Waals surface area contributed by atoms with Crippen LogP contribution in [0.25, 0.3) is 0 Å². The number of aromatic nitrogens is 1. The molecule has 1 aromatic heterocycles. The molecule has 5 nitrogen and oxygen atoms in total. The van der Waals surface area contributed by atoms with Crippen LogP contribution in [-0.4, -0.2) is 35.5 Å². The molecule has 104 valence electrons. The fourth-order valence-corrected chi connectivity index (χ4v) is 4.31. The Labute approximate surface area is 116 Å². The van der Waals surface area contributed by atoms with Gasteiger partial charge in [0.15, 0.2) is 5.13 Å². The van der Waals surface area contributed by atoms with Gasteiger partial charge in [-0.15, -0.1) is 11.3 Å². The van der Waals surface area contributed by atoms with Crippen molar-refractivity contribution < 1.29 is 9.53 Å². The smallest absolute Gasteiger partial charge is 0.323 e. The Morgan fingerprint density at radius 1 is 1.63 bits per heavy atom. The van der Waals surface area contributed by atoms with Gasteiger partial charge in [-0.05, 0) is 24.7 Å². The number of fused-ring (bicyclic) bond motifs is 1. The van der Waals surface area contributed by atoms with Crippen molar-refractivity contribution in [3.8, 4) is 0 Å². The molecule has 1 aliphatic heterocycles. The Morgan fingerprint density at radius 2 is 2.47 bits per heavy atom. The summed E-state index contributed by atoms with van der Waals surface area (Å²) in [5.74, 6) is 1.03. The molecular weight excluding hydrogens is 262 g/mol. The third-order valence-corrected chi connectivity index (χ3v) is 5.17. The van der Waals surface area contributed by atoms with E-state index >= 15 is 0 Å². The minimum atomic E-state index is -0.0908. The van der Waals surface area contributed by atoms with Crippen LogP contribution in [0.3, 0.4) is 0 Å². The van der Waals surface area contributed by atoms with Gasteiger partial charge in [-0.3, -0.25) is 9.69 Å². The van der Waals surface area contributed by atoms with E-state index in [-0.39, 0.29) is 12.0 Å². The zero-order valence-corrected chi connectivity index (χ0v) is 11.9. The molecule has 19 heavy (non-hydrogen) atoms. The number of carbonyl (C=O) groups is 1. The molecule has 0 amide bonds. The summed E-state index contributed by atoms with van der Waals surface area (Å²) in [6.07, 6.45) is 5.43. The van der Waals surface area contributed by atoms with Gasteiger partial charge in [0.05, 0.1) is 7.11 Å². The second kappa shape index (κ2) is 5.09. The highest BCUT2D eigenvalue weighted by Gasteiger charge is 2.48. The molecule has 1 saturated heterocycles. The number of nitrogens with zero attached hydrogens (tertiary/aromatic N) is 2. The van der Waals surface area contributed by atoms with E-state index < -0.39 is 0 Å². The second-order valence-corrected chi connectivity index (χ2v) is 6.56. The summed E-state index contributed by atoms with van der Waals surface area (Å²) >= 11 is 1.50. The van der Waals surface area contributed by atoms with Crippen LogP contribution in [0.15, 0.2) is 6.20 Å². The van der Waals surface area contributed by atoms with Gasteiger partial charge in [-0.2, -0.15) is 0 Å². The summed E-state index contributed by atoms with van der Waals surface area (Å²) in [5.41, 5.74) is 5.66. The number of rotatable bonds is 3. The number of hydrogen-bond donors (Lipinski definition) is 1. The van der Waals surface area contributed by atoms with E-state index in [2.05, 4.69) is 9.88 Å². The number of anilines is 1. The lowest BCUT2D eigenvalue weighted by atomic mass is 9.94. The van der Waals surface area contributed by atoms with Crippen molar-refractivity contribution in [2.24, 2.45) is 11.8 Å². The normalized spacial score (nSPS) is 30.5. The van der Waals surface area contributed by atoms with Gasteiger partial charge in [0.25, 0.3) is 0 Å². The van der Waals surface area contributed by atoms with Gasteiger partial charge in [-0.25, -0.2) is 4.98 Å². The number of likely N-dealkylation sites (tertiary alicyclic amines) is 1. The lowest BCUT2D eigenvalue weighted by molar-refractivity contribution is -0.147. The van der Waals surface area contributed by atoms with Gasteiger partial charge < -0.3 is 10.5 Å². The van der Waals surface area contributed by atoms with Gasteiger partial charge in [0.2, 0.25) is 0 Å². The number of thiazole rings is 1. The Kier molecular flexibility index (Phi) is 3.45. The molecule has 0 spiro atoms. The van der Waals surface area contributed by atoms with Crippen LogP contribution >= 0.6 is 11.3 Å². The van der Waals surface area contributed by atoms with Gasteiger partial charge >= 0.3 is 5.97 Å². The monoisotopic (exact) mass is 281 g/mol. The average molecular weight is 281 g/mol. The van der Waals surface area contributed by atoms with E-state index in [0.717, 1.165) is 24.4 Å². The van der Waals surface area contributed by atoms with Crippen molar-refractivity contribution in [1.82, 2.24) is 9.88 Å². The van der Waals surface area contributed by atoms with Crippen LogP contribution in [0.4, 0.5) is 5.13 Å². The molecule has 0 radical (unpaired) electrons. The topological polar surface area (TPSA) is 68.5 Å². The van der Waals surface area contributed by atoms with Gasteiger partial charge in [0.1, 0.15) is 6.04 Å². The van der Waals surface area contributed by atoms with E-state index in [1.807, 2.05) is 6.20 Å². The van der Waals surface area contributed by atoms with Crippen LogP contribution in [-0.2, 0) is 16.1 Å². The molecular formula is C13H19N3O2S. The first-order valence-corrected chi connectivity index (χ1v) is 7.52. The van der Waals surface area contributed by atoms with Crippen LogP contribution in [0.1, 0.15) is 24.1 Å². The molecule has 1 aliphatic carbocycles. The fourth-order valence-electron chi connectivity index (χ4n) is 3.60. The molecule has 1 aromatic rings. The highest BCUT2D eigenvalue weighted by atomic mass is 32.1. The summed E-state index contributed by atoms with van der Waals surface area (Å²) in [7, 11) is 1.48. The fraction of sp³-hybridized carbons (Fsp3) is 0.692. The maximum atomic E-state index is 12.1. The lowest BCUT2D eigenvalue weighted by Gasteiger charge is -2.24. The standard InChI is InChI=1S/C13H19N3O2S/c1-18-12(17)11-10-4-2-3-8(10)6-16(11)7-9-5-15-13(14)19-9/h5,8,10-11H,2-4,6-7H2,1H3,(H2,14,15). The molecule has 2 aliphatic rings. The number of carbonyl (C=O) groups excluding carboxylic acids is 1. The Hall–Kier alpha value is -1.14. The summed E-state index contributed by atoms with van der Waals surface area (Å²) in [6.45, 7) is 1.74. The minimum Gasteiger partial charge on any atom is -0.468 e. The molecule has 3 unspecified atom stereocenters. The van der Waals surface area contributed by atoms with E-state index in [4.69, 9.17) is 10.5 Å². The Balaban J connectivity index is 1.77. The largest absolute Gasteiger partial charge is 0.468 e. The quantitative estimate of drug-likeness (QED) is 0.850. The number of nitrogen functional groups attached to an aromatic ring is 1. The summed E-state index contributed by atoms with van der Waals surface area (Å²) in [6, 6.07) is -0.0826. The summed E-state index contributed by atoms with van der Waals surface area (Å²) < 4.78 is 5.00. The zero-order valence-electron chi connectivity index (χ0n) is 11.0. The SMILES string of the molecule is COC(=O)C1C2CCCC2CN1Cc1cnc(N)s1. The first kappa shape index (κ1) is 12.9. The molecule has 0 aromatic carbocycles. The maximum absolute atomic E-state index is 12.1. The Morgan fingerprint density at radius 3 is 3.16 bits per heavy atom. The predicted octanol–water partition coefficient (Wildman–Crippen LogP) is 1.50. The minimum absolute atomic E-state index is 0.0826. The second-order valence-electron chi connectivity index (χ2n) is 5.42. The van der Waals surface area contributed by atoms with Crippen LogP contribution in [0.5, 0.6) is 0 Å². The molecule has 6 heteroatoms. The molecule has 2 heterocycles.